The number of halogens is 2. The van der Waals surface area contributed by atoms with E-state index in [0.717, 1.165) is 5.56 Å². The molecule has 0 spiro atoms. The number of Topliss-reactive ketones (excluding diaryl/α,β-unsaturated/α-hetero) is 1. The molecule has 0 saturated carbocycles. The smallest absolute Gasteiger partial charge is 0.343 e. The standard InChI is InChI=1S/C18H20Cl2N2O3/c1-11-15(17(24)25-10-14(23)18(2,3)4)16(20)22(21-11)9-12-7-5-6-8-13(12)19/h5-8H,9-10H2,1-4H3. The minimum atomic E-state index is -0.662. The number of benzene rings is 1. The summed E-state index contributed by atoms with van der Waals surface area (Å²) in [6, 6.07) is 7.32. The number of ether oxygens (including phenoxy) is 1. The first kappa shape index (κ1) is 19.5. The average Bonchev–Trinajstić information content (AvgIpc) is 2.80. The van der Waals surface area contributed by atoms with Gasteiger partial charge in [0, 0.05) is 10.4 Å². The van der Waals surface area contributed by atoms with Gasteiger partial charge in [0.05, 0.1) is 12.2 Å². The number of rotatable bonds is 5. The highest BCUT2D eigenvalue weighted by atomic mass is 35.5. The Hall–Kier alpha value is -1.85. The van der Waals surface area contributed by atoms with Gasteiger partial charge in [0.25, 0.3) is 0 Å². The van der Waals surface area contributed by atoms with Gasteiger partial charge in [0.15, 0.2) is 12.4 Å². The summed E-state index contributed by atoms with van der Waals surface area (Å²) in [4.78, 5) is 24.2. The van der Waals surface area contributed by atoms with Crippen molar-refractivity contribution < 1.29 is 14.3 Å². The lowest BCUT2D eigenvalue weighted by Gasteiger charge is -2.16. The number of ketones is 1. The number of hydrogen-bond donors (Lipinski definition) is 0. The van der Waals surface area contributed by atoms with Gasteiger partial charge in [-0.2, -0.15) is 5.10 Å². The molecule has 134 valence electrons. The van der Waals surface area contributed by atoms with Gasteiger partial charge in [-0.05, 0) is 18.6 Å². The van der Waals surface area contributed by atoms with Crippen LogP contribution in [0.25, 0.3) is 0 Å². The quantitative estimate of drug-likeness (QED) is 0.722. The maximum absolute atomic E-state index is 12.3. The molecule has 2 aromatic rings. The van der Waals surface area contributed by atoms with E-state index >= 15 is 0 Å². The van der Waals surface area contributed by atoms with Gasteiger partial charge in [-0.25, -0.2) is 9.48 Å². The number of hydrogen-bond acceptors (Lipinski definition) is 4. The number of carbonyl (C=O) groups is 2. The zero-order chi connectivity index (χ0) is 18.8. The second kappa shape index (κ2) is 7.58. The molecular weight excluding hydrogens is 363 g/mol. The van der Waals surface area contributed by atoms with Crippen LogP contribution in [-0.4, -0.2) is 28.1 Å². The molecule has 0 N–H and O–H groups in total. The lowest BCUT2D eigenvalue weighted by molar-refractivity contribution is -0.129. The van der Waals surface area contributed by atoms with Crippen molar-refractivity contribution in [1.29, 1.82) is 0 Å². The number of nitrogens with zero attached hydrogens (tertiary/aromatic N) is 2. The van der Waals surface area contributed by atoms with Crippen molar-refractivity contribution in [2.24, 2.45) is 5.41 Å². The summed E-state index contributed by atoms with van der Waals surface area (Å²) in [5.41, 5.74) is 0.852. The van der Waals surface area contributed by atoms with E-state index in [2.05, 4.69) is 5.10 Å². The first-order chi connectivity index (χ1) is 11.6. The Bertz CT molecular complexity index is 807. The van der Waals surface area contributed by atoms with Gasteiger partial charge in [-0.15, -0.1) is 0 Å². The molecule has 0 aliphatic rings. The maximum Gasteiger partial charge on any atom is 0.343 e. The molecule has 0 radical (unpaired) electrons. The molecule has 25 heavy (non-hydrogen) atoms. The molecule has 0 bridgehead atoms. The summed E-state index contributed by atoms with van der Waals surface area (Å²) in [6.45, 7) is 6.99. The van der Waals surface area contributed by atoms with E-state index in [1.165, 1.54) is 4.68 Å². The van der Waals surface area contributed by atoms with Crippen LogP contribution < -0.4 is 0 Å². The van der Waals surface area contributed by atoms with E-state index in [0.29, 0.717) is 17.3 Å². The van der Waals surface area contributed by atoms with E-state index in [1.54, 1.807) is 33.8 Å². The van der Waals surface area contributed by atoms with Crippen LogP contribution >= 0.6 is 23.2 Å². The Morgan fingerprint density at radius 3 is 2.44 bits per heavy atom. The highest BCUT2D eigenvalue weighted by Crippen LogP contribution is 2.24. The Balaban J connectivity index is 2.17. The minimum Gasteiger partial charge on any atom is -0.454 e. The molecule has 1 aromatic carbocycles. The second-order valence-electron chi connectivity index (χ2n) is 6.75. The van der Waals surface area contributed by atoms with E-state index in [9.17, 15) is 9.59 Å². The number of aryl methyl sites for hydroxylation is 1. The second-order valence-corrected chi connectivity index (χ2v) is 7.51. The Labute approximate surface area is 156 Å². The van der Waals surface area contributed by atoms with Crippen LogP contribution in [0.1, 0.15) is 42.4 Å². The van der Waals surface area contributed by atoms with Gasteiger partial charge in [0.1, 0.15) is 10.7 Å². The van der Waals surface area contributed by atoms with Crippen LogP contribution in [0.3, 0.4) is 0 Å². The van der Waals surface area contributed by atoms with Crippen molar-refractivity contribution in [3.8, 4) is 0 Å². The van der Waals surface area contributed by atoms with Crippen molar-refractivity contribution in [2.45, 2.75) is 34.2 Å². The molecule has 0 aliphatic heterocycles. The topological polar surface area (TPSA) is 61.2 Å². The largest absolute Gasteiger partial charge is 0.454 e. The third kappa shape index (κ3) is 4.61. The molecule has 0 unspecified atom stereocenters. The molecule has 0 saturated heterocycles. The fourth-order valence-electron chi connectivity index (χ4n) is 2.10. The Morgan fingerprint density at radius 2 is 1.84 bits per heavy atom. The SMILES string of the molecule is Cc1nn(Cc2ccccc2Cl)c(Cl)c1C(=O)OCC(=O)C(C)(C)C. The van der Waals surface area contributed by atoms with Gasteiger partial charge in [-0.3, -0.25) is 4.79 Å². The Kier molecular flexibility index (Phi) is 5.91. The Morgan fingerprint density at radius 1 is 1.20 bits per heavy atom. The lowest BCUT2D eigenvalue weighted by Crippen LogP contribution is -2.26. The lowest BCUT2D eigenvalue weighted by atomic mass is 9.91. The number of esters is 1. The van der Waals surface area contributed by atoms with Gasteiger partial charge in [0.2, 0.25) is 0 Å². The summed E-state index contributed by atoms with van der Waals surface area (Å²) in [5.74, 6) is -0.830. The van der Waals surface area contributed by atoms with Crippen LogP contribution in [0.5, 0.6) is 0 Å². The molecule has 0 atom stereocenters. The van der Waals surface area contributed by atoms with Gasteiger partial charge < -0.3 is 4.74 Å². The third-order valence-corrected chi connectivity index (χ3v) is 4.47. The summed E-state index contributed by atoms with van der Waals surface area (Å²) < 4.78 is 6.60. The summed E-state index contributed by atoms with van der Waals surface area (Å²) in [5, 5.41) is 5.03. The molecule has 7 heteroatoms. The van der Waals surface area contributed by atoms with Gasteiger partial charge in [-0.1, -0.05) is 62.2 Å². The molecule has 5 nitrogen and oxygen atoms in total. The van der Waals surface area contributed by atoms with Crippen molar-refractivity contribution in [2.75, 3.05) is 6.61 Å². The maximum atomic E-state index is 12.3. The highest BCUT2D eigenvalue weighted by Gasteiger charge is 2.26. The van der Waals surface area contributed by atoms with E-state index in [4.69, 9.17) is 27.9 Å². The molecule has 1 aromatic heterocycles. The molecule has 2 rings (SSSR count). The van der Waals surface area contributed by atoms with E-state index < -0.39 is 11.4 Å². The molecule has 1 heterocycles. The van der Waals surface area contributed by atoms with E-state index in [-0.39, 0.29) is 23.1 Å². The normalized spacial score (nSPS) is 11.4. The highest BCUT2D eigenvalue weighted by molar-refractivity contribution is 6.33. The van der Waals surface area contributed by atoms with Crippen molar-refractivity contribution >= 4 is 35.0 Å². The summed E-state index contributed by atoms with van der Waals surface area (Å²) in [7, 11) is 0. The van der Waals surface area contributed by atoms with Crippen LogP contribution in [0.15, 0.2) is 24.3 Å². The summed E-state index contributed by atoms with van der Waals surface area (Å²) in [6.07, 6.45) is 0. The molecule has 0 fully saturated rings. The number of carbonyl (C=O) groups excluding carboxylic acids is 2. The fraction of sp³-hybridized carbons (Fsp3) is 0.389. The zero-order valence-electron chi connectivity index (χ0n) is 14.6. The summed E-state index contributed by atoms with van der Waals surface area (Å²) >= 11 is 12.5. The minimum absolute atomic E-state index is 0.158. The van der Waals surface area contributed by atoms with E-state index in [1.807, 2.05) is 18.2 Å². The van der Waals surface area contributed by atoms with Crippen LogP contribution in [-0.2, 0) is 16.1 Å². The van der Waals surface area contributed by atoms with Crippen molar-refractivity contribution in [1.82, 2.24) is 9.78 Å². The average molecular weight is 383 g/mol. The fourth-order valence-corrected chi connectivity index (χ4v) is 2.60. The first-order valence-corrected chi connectivity index (χ1v) is 8.53. The van der Waals surface area contributed by atoms with Crippen LogP contribution in [0.4, 0.5) is 0 Å². The first-order valence-electron chi connectivity index (χ1n) is 7.78. The predicted molar refractivity (Wildman–Crippen MR) is 97.3 cm³/mol. The predicted octanol–water partition coefficient (Wildman–Crippen LogP) is 4.32. The van der Waals surface area contributed by atoms with Crippen LogP contribution in [0.2, 0.25) is 10.2 Å². The van der Waals surface area contributed by atoms with Crippen molar-refractivity contribution in [3.63, 3.8) is 0 Å². The zero-order valence-corrected chi connectivity index (χ0v) is 16.1. The molecule has 0 aliphatic carbocycles. The third-order valence-electron chi connectivity index (χ3n) is 3.72. The molecular formula is C18H20Cl2N2O3. The monoisotopic (exact) mass is 382 g/mol. The van der Waals surface area contributed by atoms with Gasteiger partial charge >= 0.3 is 5.97 Å². The van der Waals surface area contributed by atoms with Crippen molar-refractivity contribution in [3.05, 3.63) is 51.3 Å². The van der Waals surface area contributed by atoms with Crippen LogP contribution in [0, 0.1) is 12.3 Å². The number of aromatic nitrogens is 2. The molecule has 0 amide bonds.